The van der Waals surface area contributed by atoms with E-state index in [9.17, 15) is 9.59 Å². The molecule has 0 radical (unpaired) electrons. The van der Waals surface area contributed by atoms with Gasteiger partial charge in [-0.25, -0.2) is 4.79 Å². The first-order chi connectivity index (χ1) is 11.7. The summed E-state index contributed by atoms with van der Waals surface area (Å²) in [5, 5.41) is 0. The van der Waals surface area contributed by atoms with Crippen molar-refractivity contribution in [3.63, 3.8) is 0 Å². The molecule has 2 saturated carbocycles. The maximum atomic E-state index is 12.8. The van der Waals surface area contributed by atoms with Gasteiger partial charge in [0.2, 0.25) is 5.91 Å². The Kier molecular flexibility index (Phi) is 4.17. The molecular weight excluding hydrogens is 304 g/mol. The van der Waals surface area contributed by atoms with Crippen LogP contribution in [0.5, 0.6) is 0 Å². The molecule has 1 aromatic carbocycles. The summed E-state index contributed by atoms with van der Waals surface area (Å²) < 4.78 is 6.83. The third-order valence-corrected chi connectivity index (χ3v) is 5.32. The van der Waals surface area contributed by atoms with E-state index in [1.165, 1.54) is 19.3 Å². The number of hydrogen-bond donors (Lipinski definition) is 0. The lowest BCUT2D eigenvalue weighted by Gasteiger charge is -2.34. The molecule has 0 N–H and O–H groups in total. The Hall–Kier alpha value is -2.04. The molecule has 5 nitrogen and oxygen atoms in total. The number of amides is 1. The first-order valence-electron chi connectivity index (χ1n) is 9.13. The Morgan fingerprint density at radius 2 is 1.79 bits per heavy atom. The van der Waals surface area contributed by atoms with Crippen LogP contribution in [0.4, 0.5) is 0 Å². The average Bonchev–Trinajstić information content (AvgIpc) is 3.37. The van der Waals surface area contributed by atoms with Crippen LogP contribution in [0.15, 0.2) is 33.5 Å². The Labute approximate surface area is 141 Å². The molecule has 1 aromatic heterocycles. The highest BCUT2D eigenvalue weighted by Crippen LogP contribution is 2.34. The summed E-state index contributed by atoms with van der Waals surface area (Å²) in [6.45, 7) is 0.393. The van der Waals surface area contributed by atoms with Crippen molar-refractivity contribution in [2.24, 2.45) is 0 Å². The Balaban J connectivity index is 1.48. The van der Waals surface area contributed by atoms with E-state index in [0.29, 0.717) is 30.6 Å². The van der Waals surface area contributed by atoms with Crippen LogP contribution in [-0.2, 0) is 11.3 Å². The van der Waals surface area contributed by atoms with Crippen LogP contribution in [0.3, 0.4) is 0 Å². The van der Waals surface area contributed by atoms with Gasteiger partial charge >= 0.3 is 5.76 Å². The molecule has 0 atom stereocenters. The first kappa shape index (κ1) is 15.5. The zero-order chi connectivity index (χ0) is 16.5. The fraction of sp³-hybridized carbons (Fsp3) is 0.579. The number of para-hydroxylation sites is 2. The third-order valence-electron chi connectivity index (χ3n) is 5.32. The van der Waals surface area contributed by atoms with Crippen molar-refractivity contribution in [3.05, 3.63) is 34.8 Å². The molecule has 2 fully saturated rings. The van der Waals surface area contributed by atoms with Crippen molar-refractivity contribution in [3.8, 4) is 0 Å². The van der Waals surface area contributed by atoms with Gasteiger partial charge in [-0.15, -0.1) is 0 Å². The highest BCUT2D eigenvalue weighted by Gasteiger charge is 2.37. The molecule has 5 heteroatoms. The lowest BCUT2D eigenvalue weighted by Crippen LogP contribution is -2.43. The molecule has 0 spiro atoms. The van der Waals surface area contributed by atoms with Gasteiger partial charge < -0.3 is 9.32 Å². The molecular formula is C19H24N2O3. The zero-order valence-electron chi connectivity index (χ0n) is 13.9. The molecule has 1 amide bonds. The van der Waals surface area contributed by atoms with Gasteiger partial charge in [-0.2, -0.15) is 0 Å². The fourth-order valence-corrected chi connectivity index (χ4v) is 3.98. The molecule has 4 rings (SSSR count). The topological polar surface area (TPSA) is 55.5 Å². The van der Waals surface area contributed by atoms with Crippen LogP contribution in [0.25, 0.3) is 11.1 Å². The molecule has 2 aliphatic carbocycles. The Morgan fingerprint density at radius 3 is 2.54 bits per heavy atom. The summed E-state index contributed by atoms with van der Waals surface area (Å²) in [7, 11) is 0. The van der Waals surface area contributed by atoms with Crippen LogP contribution in [0, 0.1) is 0 Å². The van der Waals surface area contributed by atoms with E-state index in [2.05, 4.69) is 4.90 Å². The van der Waals surface area contributed by atoms with Crippen molar-refractivity contribution < 1.29 is 9.21 Å². The summed E-state index contributed by atoms with van der Waals surface area (Å²) in [5.74, 6) is -0.179. The van der Waals surface area contributed by atoms with Crippen molar-refractivity contribution in [1.82, 2.24) is 9.47 Å². The summed E-state index contributed by atoms with van der Waals surface area (Å²) in [6.07, 6.45) is 8.66. The molecule has 1 heterocycles. The molecule has 0 saturated heterocycles. The van der Waals surface area contributed by atoms with Gasteiger partial charge in [0.1, 0.15) is 0 Å². The molecule has 2 aliphatic rings. The molecule has 24 heavy (non-hydrogen) atoms. The van der Waals surface area contributed by atoms with Gasteiger partial charge in [-0.05, 0) is 37.8 Å². The van der Waals surface area contributed by atoms with E-state index >= 15 is 0 Å². The summed E-state index contributed by atoms with van der Waals surface area (Å²) >= 11 is 0. The van der Waals surface area contributed by atoms with Crippen LogP contribution in [0.1, 0.15) is 51.4 Å². The number of oxazole rings is 1. The number of fused-ring (bicyclic) bond motifs is 1. The molecule has 0 unspecified atom stereocenters. The Morgan fingerprint density at radius 1 is 1.08 bits per heavy atom. The fourth-order valence-electron chi connectivity index (χ4n) is 3.98. The molecule has 2 aromatic rings. The number of carbonyl (C=O) groups is 1. The van der Waals surface area contributed by atoms with Gasteiger partial charge in [0, 0.05) is 25.0 Å². The molecule has 0 bridgehead atoms. The predicted octanol–water partition coefficient (Wildman–Crippen LogP) is 3.31. The SMILES string of the molecule is O=C(CCn1c(=O)oc2ccccc21)N(C1CCCCC1)C1CC1. The van der Waals surface area contributed by atoms with E-state index < -0.39 is 0 Å². The number of rotatable bonds is 5. The van der Waals surface area contributed by atoms with Gasteiger partial charge in [0.15, 0.2) is 5.58 Å². The van der Waals surface area contributed by atoms with Gasteiger partial charge in [0.25, 0.3) is 0 Å². The van der Waals surface area contributed by atoms with E-state index in [4.69, 9.17) is 4.42 Å². The highest BCUT2D eigenvalue weighted by molar-refractivity contribution is 5.78. The quantitative estimate of drug-likeness (QED) is 0.846. The number of nitrogens with zero attached hydrogens (tertiary/aromatic N) is 2. The van der Waals surface area contributed by atoms with Gasteiger partial charge in [-0.3, -0.25) is 9.36 Å². The monoisotopic (exact) mass is 328 g/mol. The second kappa shape index (κ2) is 6.46. The second-order valence-electron chi connectivity index (χ2n) is 7.06. The highest BCUT2D eigenvalue weighted by atomic mass is 16.4. The summed E-state index contributed by atoms with van der Waals surface area (Å²) in [6, 6.07) is 8.24. The van der Waals surface area contributed by atoms with E-state index in [-0.39, 0.29) is 11.7 Å². The van der Waals surface area contributed by atoms with Crippen molar-refractivity contribution in [2.75, 3.05) is 0 Å². The summed E-state index contributed by atoms with van der Waals surface area (Å²) in [4.78, 5) is 27.0. The smallest absolute Gasteiger partial charge is 0.408 e. The van der Waals surface area contributed by atoms with Crippen molar-refractivity contribution >= 4 is 17.0 Å². The maximum Gasteiger partial charge on any atom is 0.419 e. The van der Waals surface area contributed by atoms with Crippen LogP contribution in [-0.4, -0.2) is 27.5 Å². The van der Waals surface area contributed by atoms with Crippen molar-refractivity contribution in [1.29, 1.82) is 0 Å². The van der Waals surface area contributed by atoms with Gasteiger partial charge in [-0.1, -0.05) is 31.4 Å². The Bertz CT molecular complexity index is 781. The number of aryl methyl sites for hydroxylation is 1. The average molecular weight is 328 g/mol. The van der Waals surface area contributed by atoms with Crippen LogP contribution < -0.4 is 5.76 Å². The minimum Gasteiger partial charge on any atom is -0.408 e. The molecule has 0 aliphatic heterocycles. The second-order valence-corrected chi connectivity index (χ2v) is 7.06. The minimum atomic E-state index is -0.375. The number of aromatic nitrogens is 1. The third kappa shape index (κ3) is 2.99. The predicted molar refractivity (Wildman–Crippen MR) is 91.8 cm³/mol. The van der Waals surface area contributed by atoms with E-state index in [1.54, 1.807) is 10.6 Å². The normalized spacial score (nSPS) is 18.8. The largest absolute Gasteiger partial charge is 0.419 e. The standard InChI is InChI=1S/C19H24N2O3/c22-18(21(15-10-11-15)14-6-2-1-3-7-14)12-13-20-16-8-4-5-9-17(16)24-19(20)23/h4-5,8-9,14-15H,1-3,6-7,10-13H2. The first-order valence-corrected chi connectivity index (χ1v) is 9.13. The molecule has 128 valence electrons. The van der Waals surface area contributed by atoms with E-state index in [1.807, 2.05) is 18.2 Å². The minimum absolute atomic E-state index is 0.196. The van der Waals surface area contributed by atoms with Crippen LogP contribution >= 0.6 is 0 Å². The maximum absolute atomic E-state index is 12.8. The van der Waals surface area contributed by atoms with Crippen LogP contribution in [0.2, 0.25) is 0 Å². The van der Waals surface area contributed by atoms with E-state index in [0.717, 1.165) is 31.2 Å². The number of benzene rings is 1. The van der Waals surface area contributed by atoms with Crippen molar-refractivity contribution in [2.45, 2.75) is 70.0 Å². The lowest BCUT2D eigenvalue weighted by molar-refractivity contribution is -0.135. The number of carbonyl (C=O) groups excluding carboxylic acids is 1. The number of hydrogen-bond acceptors (Lipinski definition) is 3. The van der Waals surface area contributed by atoms with Gasteiger partial charge in [0.05, 0.1) is 5.52 Å². The lowest BCUT2D eigenvalue weighted by atomic mass is 9.94. The zero-order valence-corrected chi connectivity index (χ0v) is 13.9. The summed E-state index contributed by atoms with van der Waals surface area (Å²) in [5.41, 5.74) is 1.35.